The van der Waals surface area contributed by atoms with Crippen molar-refractivity contribution in [3.8, 4) is 5.69 Å². The number of carboxylic acids is 1. The number of fused-ring (bicyclic) bond motifs is 1. The number of alkyl halides is 3. The third-order valence-electron chi connectivity index (χ3n) is 7.60. The largest absolute Gasteiger partial charge is 0.481 e. The van der Waals surface area contributed by atoms with Gasteiger partial charge in [-0.1, -0.05) is 13.8 Å². The Morgan fingerprint density at radius 1 is 1.21 bits per heavy atom. The van der Waals surface area contributed by atoms with Crippen LogP contribution in [0.25, 0.3) is 5.69 Å². The van der Waals surface area contributed by atoms with E-state index in [2.05, 4.69) is 10.4 Å². The number of nitrogens with zero attached hydrogens (tertiary/aromatic N) is 2. The zero-order valence-electron chi connectivity index (χ0n) is 21.3. The minimum absolute atomic E-state index is 0.0161. The quantitative estimate of drug-likeness (QED) is 0.421. The number of aliphatic carboxylic acids is 1. The molecular weight excluding hydrogens is 503 g/mol. The highest BCUT2D eigenvalue weighted by Gasteiger charge is 2.45. The number of carboxylic acid groups (broad SMARTS) is 1. The van der Waals surface area contributed by atoms with Gasteiger partial charge in [-0.15, -0.1) is 0 Å². The van der Waals surface area contributed by atoms with Crippen LogP contribution in [0.2, 0.25) is 0 Å². The number of hydrogen-bond donors (Lipinski definition) is 4. The topological polar surface area (TPSA) is 153 Å². The number of rotatable bonds is 7. The predicted molar refractivity (Wildman–Crippen MR) is 133 cm³/mol. The molecule has 1 aromatic carbocycles. The van der Waals surface area contributed by atoms with E-state index in [1.807, 2.05) is 13.8 Å². The number of halogens is 3. The summed E-state index contributed by atoms with van der Waals surface area (Å²) in [5.41, 5.74) is 9.99. The first-order valence-electron chi connectivity index (χ1n) is 12.6. The van der Waals surface area contributed by atoms with Crippen LogP contribution in [-0.2, 0) is 17.4 Å². The smallest absolute Gasteiger partial charge is 0.435 e. The monoisotopic (exact) mass is 535 g/mol. The standard InChI is InChI=1S/C26H32F3N5O4/c1-25(2)10-19-21(20(35)11-25)22(26(27,28)29)33-34(19)15-7-8-16(23(31)36)18(9-15)32-14-5-3-13(4-6-14)17(12-30)24(37)38/h7-9,13-14,17,32H,3-6,10-12,30H2,1-2H3,(H2,31,36)(H,37,38). The van der Waals surface area contributed by atoms with Crippen molar-refractivity contribution in [3.05, 3.63) is 40.7 Å². The van der Waals surface area contributed by atoms with E-state index in [1.165, 1.54) is 18.2 Å². The molecule has 4 rings (SSSR count). The molecule has 1 unspecified atom stereocenters. The molecule has 0 aliphatic heterocycles. The second-order valence-corrected chi connectivity index (χ2v) is 11.1. The summed E-state index contributed by atoms with van der Waals surface area (Å²) in [7, 11) is 0. The van der Waals surface area contributed by atoms with Crippen LogP contribution >= 0.6 is 0 Å². The molecule has 1 saturated carbocycles. The summed E-state index contributed by atoms with van der Waals surface area (Å²) in [6, 6.07) is 4.30. The second kappa shape index (κ2) is 10.0. The van der Waals surface area contributed by atoms with E-state index in [-0.39, 0.29) is 48.3 Å². The van der Waals surface area contributed by atoms with Crippen molar-refractivity contribution in [1.29, 1.82) is 0 Å². The second-order valence-electron chi connectivity index (χ2n) is 11.1. The van der Waals surface area contributed by atoms with E-state index in [4.69, 9.17) is 11.5 Å². The zero-order valence-corrected chi connectivity index (χ0v) is 21.3. The van der Waals surface area contributed by atoms with Crippen molar-refractivity contribution in [2.24, 2.45) is 28.7 Å². The van der Waals surface area contributed by atoms with E-state index >= 15 is 0 Å². The SMILES string of the molecule is CC1(C)CC(=O)c2c(C(F)(F)F)nn(-c3ccc(C(N)=O)c(NC4CCC(C(CN)C(=O)O)CC4)c3)c2C1. The molecule has 1 amide bonds. The van der Waals surface area contributed by atoms with Gasteiger partial charge in [0, 0.05) is 24.7 Å². The Balaban J connectivity index is 1.68. The van der Waals surface area contributed by atoms with E-state index < -0.39 is 46.4 Å². The van der Waals surface area contributed by atoms with Crippen molar-refractivity contribution >= 4 is 23.3 Å². The number of benzene rings is 1. The lowest BCUT2D eigenvalue weighted by molar-refractivity contribution is -0.144. The van der Waals surface area contributed by atoms with Gasteiger partial charge in [-0.25, -0.2) is 4.68 Å². The summed E-state index contributed by atoms with van der Waals surface area (Å²) in [5, 5.41) is 16.5. The fraction of sp³-hybridized carbons (Fsp3) is 0.538. The maximum absolute atomic E-state index is 13.8. The minimum Gasteiger partial charge on any atom is -0.481 e. The molecule has 2 aliphatic rings. The summed E-state index contributed by atoms with van der Waals surface area (Å²) in [5.74, 6) is -2.92. The van der Waals surface area contributed by atoms with Gasteiger partial charge in [0.05, 0.1) is 28.4 Å². The molecule has 1 heterocycles. The van der Waals surface area contributed by atoms with Gasteiger partial charge in [0.1, 0.15) is 0 Å². The highest BCUT2D eigenvalue weighted by Crippen LogP contribution is 2.42. The van der Waals surface area contributed by atoms with Gasteiger partial charge in [-0.2, -0.15) is 18.3 Å². The summed E-state index contributed by atoms with van der Waals surface area (Å²) in [6.07, 6.45) is -2.13. The van der Waals surface area contributed by atoms with Gasteiger partial charge in [-0.3, -0.25) is 14.4 Å². The molecule has 0 radical (unpaired) electrons. The lowest BCUT2D eigenvalue weighted by Gasteiger charge is -2.33. The first-order valence-corrected chi connectivity index (χ1v) is 12.6. The van der Waals surface area contributed by atoms with Crippen LogP contribution in [0.4, 0.5) is 18.9 Å². The normalized spacial score (nSPS) is 22.0. The molecule has 0 bridgehead atoms. The first kappa shape index (κ1) is 27.6. The number of anilines is 1. The molecule has 206 valence electrons. The van der Waals surface area contributed by atoms with E-state index in [1.54, 1.807) is 0 Å². The number of Topliss-reactive ketones (excluding diaryl/α,β-unsaturated/α-hetero) is 1. The number of hydrogen-bond acceptors (Lipinski definition) is 6. The molecule has 38 heavy (non-hydrogen) atoms. The fourth-order valence-corrected chi connectivity index (χ4v) is 5.74. The molecule has 2 aliphatic carbocycles. The Labute approximate surface area is 217 Å². The molecular formula is C26H32F3N5O4. The van der Waals surface area contributed by atoms with Crippen LogP contribution in [0.1, 0.15) is 78.1 Å². The molecule has 12 heteroatoms. The summed E-state index contributed by atoms with van der Waals surface area (Å²) < 4.78 is 42.7. The number of primary amides is 1. The number of amides is 1. The molecule has 1 atom stereocenters. The lowest BCUT2D eigenvalue weighted by Crippen LogP contribution is -2.36. The Morgan fingerprint density at radius 3 is 2.42 bits per heavy atom. The zero-order chi connectivity index (χ0) is 28.0. The molecule has 0 spiro atoms. The van der Waals surface area contributed by atoms with Crippen LogP contribution in [-0.4, -0.2) is 45.1 Å². The van der Waals surface area contributed by atoms with Crippen molar-refractivity contribution < 1.29 is 32.7 Å². The minimum atomic E-state index is -4.81. The fourth-order valence-electron chi connectivity index (χ4n) is 5.74. The van der Waals surface area contributed by atoms with E-state index in [9.17, 15) is 32.7 Å². The van der Waals surface area contributed by atoms with Crippen LogP contribution < -0.4 is 16.8 Å². The number of aromatic nitrogens is 2. The highest BCUT2D eigenvalue weighted by molar-refractivity contribution is 6.00. The van der Waals surface area contributed by atoms with Crippen LogP contribution in [0, 0.1) is 17.3 Å². The average Bonchev–Trinajstić information content (AvgIpc) is 3.19. The van der Waals surface area contributed by atoms with Crippen LogP contribution in [0.5, 0.6) is 0 Å². The van der Waals surface area contributed by atoms with Crippen molar-refractivity contribution in [3.63, 3.8) is 0 Å². The molecule has 0 saturated heterocycles. The summed E-state index contributed by atoms with van der Waals surface area (Å²) in [4.78, 5) is 36.4. The van der Waals surface area contributed by atoms with Crippen molar-refractivity contribution in [2.75, 3.05) is 11.9 Å². The first-order chi connectivity index (χ1) is 17.7. The van der Waals surface area contributed by atoms with E-state index in [0.29, 0.717) is 31.4 Å². The average molecular weight is 536 g/mol. The number of carbonyl (C=O) groups is 3. The Bertz CT molecular complexity index is 1260. The van der Waals surface area contributed by atoms with Crippen molar-refractivity contribution in [2.45, 2.75) is 64.6 Å². The molecule has 6 N–H and O–H groups in total. The van der Waals surface area contributed by atoms with E-state index in [0.717, 1.165) is 4.68 Å². The summed E-state index contributed by atoms with van der Waals surface area (Å²) in [6.45, 7) is 3.69. The summed E-state index contributed by atoms with van der Waals surface area (Å²) >= 11 is 0. The Kier molecular flexibility index (Phi) is 7.30. The molecule has 1 aromatic heterocycles. The van der Waals surface area contributed by atoms with Gasteiger partial charge >= 0.3 is 12.1 Å². The lowest BCUT2D eigenvalue weighted by atomic mass is 9.75. The number of ketones is 1. The Hall–Kier alpha value is -3.41. The van der Waals surface area contributed by atoms with Gasteiger partial charge in [0.25, 0.3) is 5.91 Å². The third-order valence-corrected chi connectivity index (χ3v) is 7.60. The van der Waals surface area contributed by atoms with Gasteiger partial charge < -0.3 is 21.9 Å². The van der Waals surface area contributed by atoms with Gasteiger partial charge in [-0.05, 0) is 61.6 Å². The van der Waals surface area contributed by atoms with Gasteiger partial charge in [0.15, 0.2) is 11.5 Å². The van der Waals surface area contributed by atoms with Gasteiger partial charge in [0.2, 0.25) is 0 Å². The molecule has 2 aromatic rings. The predicted octanol–water partition coefficient (Wildman–Crippen LogP) is 3.78. The number of nitrogens with two attached hydrogens (primary N) is 2. The number of nitrogens with one attached hydrogen (secondary N) is 1. The maximum atomic E-state index is 13.8. The van der Waals surface area contributed by atoms with Crippen molar-refractivity contribution in [1.82, 2.24) is 9.78 Å². The highest BCUT2D eigenvalue weighted by atomic mass is 19.4. The molecule has 1 fully saturated rings. The Morgan fingerprint density at radius 2 is 1.87 bits per heavy atom. The number of carbonyl (C=O) groups excluding carboxylic acids is 2. The maximum Gasteiger partial charge on any atom is 0.435 e. The molecule has 9 nitrogen and oxygen atoms in total. The third kappa shape index (κ3) is 5.40. The van der Waals surface area contributed by atoms with Crippen LogP contribution in [0.3, 0.4) is 0 Å². The van der Waals surface area contributed by atoms with Crippen LogP contribution in [0.15, 0.2) is 18.2 Å².